The average molecular weight is 384 g/mol. The van der Waals surface area contributed by atoms with Crippen LogP contribution in [0.4, 0.5) is 5.69 Å². The maximum atomic E-state index is 10.7. The minimum Gasteiger partial charge on any atom is -0.497 e. The molecule has 0 N–H and O–H groups in total. The lowest BCUT2D eigenvalue weighted by Crippen LogP contribution is -2.18. The SMILES string of the molecule is COc1ccc(CN(C)Cc2nc(-c3ccc([N+](=O)[O-])cc3)no2)c(OC)c1. The summed E-state index contributed by atoms with van der Waals surface area (Å²) in [4.78, 5) is 16.7. The largest absolute Gasteiger partial charge is 0.497 e. The van der Waals surface area contributed by atoms with E-state index < -0.39 is 4.92 Å². The predicted octanol–water partition coefficient (Wildman–Crippen LogP) is 3.29. The summed E-state index contributed by atoms with van der Waals surface area (Å²) >= 11 is 0. The summed E-state index contributed by atoms with van der Waals surface area (Å²) in [6, 6.07) is 11.7. The van der Waals surface area contributed by atoms with Gasteiger partial charge in [-0.1, -0.05) is 11.2 Å². The summed E-state index contributed by atoms with van der Waals surface area (Å²) < 4.78 is 15.9. The molecule has 0 aliphatic rings. The number of aromatic nitrogens is 2. The zero-order valence-electron chi connectivity index (χ0n) is 15.8. The molecule has 0 aliphatic carbocycles. The van der Waals surface area contributed by atoms with Gasteiger partial charge in [-0.2, -0.15) is 4.98 Å². The molecule has 2 aromatic carbocycles. The van der Waals surface area contributed by atoms with Crippen molar-refractivity contribution in [3.8, 4) is 22.9 Å². The molecule has 3 aromatic rings. The minimum absolute atomic E-state index is 0.0145. The Hall–Kier alpha value is -3.46. The van der Waals surface area contributed by atoms with Gasteiger partial charge in [-0.25, -0.2) is 0 Å². The monoisotopic (exact) mass is 384 g/mol. The van der Waals surface area contributed by atoms with E-state index in [2.05, 4.69) is 10.1 Å². The second-order valence-electron chi connectivity index (χ2n) is 6.17. The fourth-order valence-corrected chi connectivity index (χ4v) is 2.73. The molecule has 9 heteroatoms. The van der Waals surface area contributed by atoms with E-state index in [1.165, 1.54) is 12.1 Å². The van der Waals surface area contributed by atoms with Crippen molar-refractivity contribution < 1.29 is 18.9 Å². The standard InChI is InChI=1S/C19H20N4O5/c1-22(11-14-6-9-16(26-2)10-17(14)27-3)12-18-20-19(21-28-18)13-4-7-15(8-5-13)23(24)25/h4-10H,11-12H2,1-3H3. The fraction of sp³-hybridized carbons (Fsp3) is 0.263. The third kappa shape index (κ3) is 4.44. The smallest absolute Gasteiger partial charge is 0.269 e. The second-order valence-corrected chi connectivity index (χ2v) is 6.17. The summed E-state index contributed by atoms with van der Waals surface area (Å²) in [6.45, 7) is 1.05. The van der Waals surface area contributed by atoms with Crippen molar-refractivity contribution in [2.75, 3.05) is 21.3 Å². The maximum Gasteiger partial charge on any atom is 0.269 e. The lowest BCUT2D eigenvalue weighted by Gasteiger charge is -2.17. The number of non-ortho nitro benzene ring substituents is 1. The van der Waals surface area contributed by atoms with Crippen molar-refractivity contribution in [1.29, 1.82) is 0 Å². The van der Waals surface area contributed by atoms with Gasteiger partial charge >= 0.3 is 0 Å². The van der Waals surface area contributed by atoms with Crippen LogP contribution in [0.5, 0.6) is 11.5 Å². The minimum atomic E-state index is -0.451. The molecule has 9 nitrogen and oxygen atoms in total. The number of nitro benzene ring substituents is 1. The van der Waals surface area contributed by atoms with Crippen molar-refractivity contribution in [3.05, 3.63) is 64.0 Å². The highest BCUT2D eigenvalue weighted by Gasteiger charge is 2.14. The Morgan fingerprint density at radius 2 is 1.86 bits per heavy atom. The van der Waals surface area contributed by atoms with Crippen LogP contribution in [0, 0.1) is 10.1 Å². The molecule has 3 rings (SSSR count). The Kier molecular flexibility index (Phi) is 5.85. The highest BCUT2D eigenvalue weighted by molar-refractivity contribution is 5.56. The van der Waals surface area contributed by atoms with Crippen LogP contribution < -0.4 is 9.47 Å². The van der Waals surface area contributed by atoms with E-state index in [1.807, 2.05) is 30.1 Å². The zero-order chi connectivity index (χ0) is 20.1. The van der Waals surface area contributed by atoms with E-state index in [1.54, 1.807) is 26.4 Å². The molecule has 0 atom stereocenters. The van der Waals surface area contributed by atoms with Crippen LogP contribution >= 0.6 is 0 Å². The molecule has 0 fully saturated rings. The van der Waals surface area contributed by atoms with Crippen LogP contribution in [0.15, 0.2) is 47.0 Å². The van der Waals surface area contributed by atoms with Gasteiger partial charge in [0.2, 0.25) is 11.7 Å². The molecule has 0 radical (unpaired) electrons. The van der Waals surface area contributed by atoms with Gasteiger partial charge in [-0.15, -0.1) is 0 Å². The molecule has 0 aliphatic heterocycles. The van der Waals surface area contributed by atoms with E-state index in [0.29, 0.717) is 30.4 Å². The maximum absolute atomic E-state index is 10.7. The predicted molar refractivity (Wildman–Crippen MR) is 101 cm³/mol. The van der Waals surface area contributed by atoms with Gasteiger partial charge in [0.1, 0.15) is 11.5 Å². The summed E-state index contributed by atoms with van der Waals surface area (Å²) in [7, 11) is 5.16. The van der Waals surface area contributed by atoms with Gasteiger partial charge < -0.3 is 14.0 Å². The Morgan fingerprint density at radius 3 is 2.50 bits per heavy atom. The van der Waals surface area contributed by atoms with E-state index in [-0.39, 0.29) is 5.69 Å². The quantitative estimate of drug-likeness (QED) is 0.430. The first-order chi connectivity index (χ1) is 13.5. The first kappa shape index (κ1) is 19.3. The van der Waals surface area contributed by atoms with Gasteiger partial charge in [-0.3, -0.25) is 15.0 Å². The molecular weight excluding hydrogens is 364 g/mol. The van der Waals surface area contributed by atoms with Gasteiger partial charge in [0.05, 0.1) is 25.7 Å². The zero-order valence-corrected chi connectivity index (χ0v) is 15.8. The van der Waals surface area contributed by atoms with Crippen LogP contribution in [0.1, 0.15) is 11.5 Å². The summed E-state index contributed by atoms with van der Waals surface area (Å²) in [6.07, 6.45) is 0. The van der Waals surface area contributed by atoms with Gasteiger partial charge in [0.15, 0.2) is 0 Å². The highest BCUT2D eigenvalue weighted by atomic mass is 16.6. The van der Waals surface area contributed by atoms with Crippen LogP contribution in [0.25, 0.3) is 11.4 Å². The number of nitro groups is 1. The Bertz CT molecular complexity index is 955. The molecule has 28 heavy (non-hydrogen) atoms. The van der Waals surface area contributed by atoms with Crippen molar-refractivity contribution >= 4 is 5.69 Å². The van der Waals surface area contributed by atoms with Crippen LogP contribution in [0.3, 0.4) is 0 Å². The first-order valence-electron chi connectivity index (χ1n) is 8.47. The van der Waals surface area contributed by atoms with Crippen LogP contribution in [0.2, 0.25) is 0 Å². The van der Waals surface area contributed by atoms with Gasteiger partial charge in [0.25, 0.3) is 5.69 Å². The molecule has 0 spiro atoms. The van der Waals surface area contributed by atoms with Crippen LogP contribution in [-0.4, -0.2) is 41.2 Å². The second kappa shape index (κ2) is 8.49. The Morgan fingerprint density at radius 1 is 1.11 bits per heavy atom. The third-order valence-electron chi connectivity index (χ3n) is 4.14. The fourth-order valence-electron chi connectivity index (χ4n) is 2.73. The van der Waals surface area contributed by atoms with E-state index in [0.717, 1.165) is 17.1 Å². The van der Waals surface area contributed by atoms with Crippen molar-refractivity contribution in [2.45, 2.75) is 13.1 Å². The topological polar surface area (TPSA) is 104 Å². The molecule has 1 aromatic heterocycles. The normalized spacial score (nSPS) is 10.9. The van der Waals surface area contributed by atoms with Crippen molar-refractivity contribution in [3.63, 3.8) is 0 Å². The number of ether oxygens (including phenoxy) is 2. The summed E-state index contributed by atoms with van der Waals surface area (Å²) in [5.41, 5.74) is 1.67. The molecule has 0 amide bonds. The summed E-state index contributed by atoms with van der Waals surface area (Å²) in [5, 5.41) is 14.7. The number of benzene rings is 2. The Balaban J connectivity index is 1.67. The number of hydrogen-bond donors (Lipinski definition) is 0. The first-order valence-corrected chi connectivity index (χ1v) is 8.47. The molecule has 0 unspecified atom stereocenters. The van der Waals surface area contributed by atoms with E-state index >= 15 is 0 Å². The number of nitrogens with zero attached hydrogens (tertiary/aromatic N) is 4. The van der Waals surface area contributed by atoms with E-state index in [9.17, 15) is 10.1 Å². The molecule has 0 saturated heterocycles. The van der Waals surface area contributed by atoms with Crippen molar-refractivity contribution in [1.82, 2.24) is 15.0 Å². The van der Waals surface area contributed by atoms with E-state index in [4.69, 9.17) is 14.0 Å². The molecule has 1 heterocycles. The lowest BCUT2D eigenvalue weighted by molar-refractivity contribution is -0.384. The van der Waals surface area contributed by atoms with Gasteiger partial charge in [-0.05, 0) is 25.2 Å². The average Bonchev–Trinajstić information content (AvgIpc) is 3.16. The van der Waals surface area contributed by atoms with Crippen molar-refractivity contribution in [2.24, 2.45) is 0 Å². The number of rotatable bonds is 8. The van der Waals surface area contributed by atoms with Crippen LogP contribution in [-0.2, 0) is 13.1 Å². The summed E-state index contributed by atoms with van der Waals surface area (Å²) in [5.74, 6) is 2.31. The number of hydrogen-bond acceptors (Lipinski definition) is 8. The van der Waals surface area contributed by atoms with Gasteiger partial charge in [0, 0.05) is 35.9 Å². The molecule has 0 saturated carbocycles. The lowest BCUT2D eigenvalue weighted by atomic mass is 10.2. The third-order valence-corrected chi connectivity index (χ3v) is 4.14. The number of methoxy groups -OCH3 is 2. The highest BCUT2D eigenvalue weighted by Crippen LogP contribution is 2.26. The molecule has 0 bridgehead atoms. The molecule has 146 valence electrons. The molecular formula is C19H20N4O5. The Labute approximate surface area is 161 Å².